The van der Waals surface area contributed by atoms with E-state index in [1.54, 1.807) is 0 Å². The van der Waals surface area contributed by atoms with Crippen LogP contribution in [0.4, 0.5) is 0 Å². The molecule has 0 spiro atoms. The highest BCUT2D eigenvalue weighted by molar-refractivity contribution is 5.81. The van der Waals surface area contributed by atoms with Gasteiger partial charge in [-0.05, 0) is 12.3 Å². The lowest BCUT2D eigenvalue weighted by atomic mass is 9.93. The van der Waals surface area contributed by atoms with E-state index in [1.165, 1.54) is 12.8 Å². The third kappa shape index (κ3) is 8.78. The molecule has 0 amide bonds. The third-order valence-electron chi connectivity index (χ3n) is 3.21. The molecular weight excluding hydrogens is 244 g/mol. The zero-order valence-corrected chi connectivity index (χ0v) is 12.3. The first-order valence-electron chi connectivity index (χ1n) is 7.21. The van der Waals surface area contributed by atoms with E-state index in [2.05, 4.69) is 20.4 Å². The van der Waals surface area contributed by atoms with Crippen LogP contribution in [0.25, 0.3) is 0 Å². The van der Waals surface area contributed by atoms with Crippen molar-refractivity contribution in [3.63, 3.8) is 0 Å². The average Bonchev–Trinajstić information content (AvgIpc) is 2.44. The van der Waals surface area contributed by atoms with Gasteiger partial charge >= 0.3 is 5.97 Å². The molecule has 0 heterocycles. The van der Waals surface area contributed by atoms with Gasteiger partial charge in [0.15, 0.2) is 0 Å². The minimum absolute atomic E-state index is 0.0166. The largest absolute Gasteiger partial charge is 0.460 e. The summed E-state index contributed by atoms with van der Waals surface area (Å²) in [6.45, 7) is 8.15. The molecule has 0 rings (SSSR count). The molecule has 0 aromatic heterocycles. The molecule has 0 fully saturated rings. The molecule has 1 N–H and O–H groups in total. The smallest absolute Gasteiger partial charge is 0.330 e. The van der Waals surface area contributed by atoms with Gasteiger partial charge in [-0.25, -0.2) is 4.79 Å². The van der Waals surface area contributed by atoms with Crippen LogP contribution in [0.15, 0.2) is 12.7 Å². The Morgan fingerprint density at radius 2 is 2.11 bits per heavy atom. The lowest BCUT2D eigenvalue weighted by molar-refractivity contribution is -0.144. The number of rotatable bonds is 12. The first kappa shape index (κ1) is 18.1. The topological polar surface area (TPSA) is 55.8 Å². The van der Waals surface area contributed by atoms with Crippen LogP contribution in [0.5, 0.6) is 0 Å². The van der Waals surface area contributed by atoms with Crippen LogP contribution in [0, 0.1) is 5.92 Å². The molecule has 0 aliphatic heterocycles. The van der Waals surface area contributed by atoms with Crippen molar-refractivity contribution in [3.8, 4) is 0 Å². The quantitative estimate of drug-likeness (QED) is 0.337. The molecule has 0 aromatic rings. The Morgan fingerprint density at radius 1 is 1.37 bits per heavy atom. The molecule has 0 radical (unpaired) electrons. The summed E-state index contributed by atoms with van der Waals surface area (Å²) in [5, 5.41) is 8.86. The average molecular weight is 272 g/mol. The lowest BCUT2D eigenvalue weighted by Gasteiger charge is -2.26. The van der Waals surface area contributed by atoms with E-state index in [4.69, 9.17) is 14.6 Å². The van der Waals surface area contributed by atoms with Gasteiger partial charge in [-0.1, -0.05) is 46.1 Å². The molecule has 0 saturated carbocycles. The molecule has 0 aliphatic rings. The second kappa shape index (κ2) is 12.2. The highest BCUT2D eigenvalue weighted by Gasteiger charge is 2.21. The molecule has 4 heteroatoms. The number of carbonyl (C=O) groups is 1. The van der Waals surface area contributed by atoms with E-state index >= 15 is 0 Å². The summed E-state index contributed by atoms with van der Waals surface area (Å²) in [7, 11) is 0. The van der Waals surface area contributed by atoms with Gasteiger partial charge in [-0.3, -0.25) is 0 Å². The van der Waals surface area contributed by atoms with Gasteiger partial charge in [-0.2, -0.15) is 0 Å². The van der Waals surface area contributed by atoms with Gasteiger partial charge in [0.25, 0.3) is 0 Å². The SMILES string of the molecule is C=CC(=O)OCC(OCCO)C(CC)CCCCC. The van der Waals surface area contributed by atoms with Crippen LogP contribution < -0.4 is 0 Å². The standard InChI is InChI=1S/C15H28O4/c1-4-7-8-9-13(5-2)14(18-11-10-16)12-19-15(17)6-3/h6,13-14,16H,3-5,7-12H2,1-2H3. The molecule has 2 atom stereocenters. The predicted molar refractivity (Wildman–Crippen MR) is 75.9 cm³/mol. The summed E-state index contributed by atoms with van der Waals surface area (Å²) >= 11 is 0. The second-order valence-corrected chi connectivity index (χ2v) is 4.63. The maximum atomic E-state index is 11.1. The normalized spacial score (nSPS) is 13.8. The van der Waals surface area contributed by atoms with Gasteiger partial charge in [0.1, 0.15) is 6.61 Å². The third-order valence-corrected chi connectivity index (χ3v) is 3.21. The Bertz CT molecular complexity index is 240. The lowest BCUT2D eigenvalue weighted by Crippen LogP contribution is -2.31. The monoisotopic (exact) mass is 272 g/mol. The van der Waals surface area contributed by atoms with Crippen molar-refractivity contribution in [2.75, 3.05) is 19.8 Å². The Hall–Kier alpha value is -0.870. The van der Waals surface area contributed by atoms with Crippen LogP contribution in [0.1, 0.15) is 46.0 Å². The maximum absolute atomic E-state index is 11.1. The molecule has 4 nitrogen and oxygen atoms in total. The first-order chi connectivity index (χ1) is 9.19. The summed E-state index contributed by atoms with van der Waals surface area (Å²) in [5.74, 6) is -0.0725. The van der Waals surface area contributed by atoms with Gasteiger partial charge in [-0.15, -0.1) is 0 Å². The zero-order valence-electron chi connectivity index (χ0n) is 12.3. The number of hydrogen-bond donors (Lipinski definition) is 1. The van der Waals surface area contributed by atoms with Crippen LogP contribution in [0.3, 0.4) is 0 Å². The number of hydrogen-bond acceptors (Lipinski definition) is 4. The first-order valence-corrected chi connectivity index (χ1v) is 7.21. The van der Waals surface area contributed by atoms with E-state index in [1.807, 2.05) is 0 Å². The fraction of sp³-hybridized carbons (Fsp3) is 0.800. The van der Waals surface area contributed by atoms with Crippen LogP contribution >= 0.6 is 0 Å². The van der Waals surface area contributed by atoms with Crippen LogP contribution in [-0.2, 0) is 14.3 Å². The summed E-state index contributed by atoms with van der Waals surface area (Å²) in [5.41, 5.74) is 0. The Balaban J connectivity index is 4.31. The summed E-state index contributed by atoms with van der Waals surface area (Å²) in [4.78, 5) is 11.1. The van der Waals surface area contributed by atoms with E-state index in [0.29, 0.717) is 5.92 Å². The molecule has 0 aliphatic carbocycles. The van der Waals surface area contributed by atoms with Gasteiger partial charge < -0.3 is 14.6 Å². The zero-order chi connectivity index (χ0) is 14.5. The highest BCUT2D eigenvalue weighted by Crippen LogP contribution is 2.20. The van der Waals surface area contributed by atoms with Gasteiger partial charge in [0.05, 0.1) is 19.3 Å². The van der Waals surface area contributed by atoms with Gasteiger partial charge in [0, 0.05) is 6.08 Å². The van der Waals surface area contributed by atoms with Gasteiger partial charge in [0.2, 0.25) is 0 Å². The fourth-order valence-corrected chi connectivity index (χ4v) is 2.06. The van der Waals surface area contributed by atoms with Crippen molar-refractivity contribution >= 4 is 5.97 Å². The number of aliphatic hydroxyl groups is 1. The van der Waals surface area contributed by atoms with E-state index in [-0.39, 0.29) is 25.9 Å². The Kier molecular flexibility index (Phi) is 11.6. The molecule has 0 bridgehead atoms. The van der Waals surface area contributed by atoms with Crippen molar-refractivity contribution in [3.05, 3.63) is 12.7 Å². The van der Waals surface area contributed by atoms with Crippen molar-refractivity contribution in [1.29, 1.82) is 0 Å². The number of ether oxygens (including phenoxy) is 2. The van der Waals surface area contributed by atoms with Crippen molar-refractivity contribution in [2.45, 2.75) is 52.1 Å². The molecule has 0 saturated heterocycles. The number of unbranched alkanes of at least 4 members (excludes halogenated alkanes) is 2. The summed E-state index contributed by atoms with van der Waals surface area (Å²) < 4.78 is 10.7. The maximum Gasteiger partial charge on any atom is 0.330 e. The summed E-state index contributed by atoms with van der Waals surface area (Å²) in [6.07, 6.45) is 6.60. The Morgan fingerprint density at radius 3 is 2.63 bits per heavy atom. The minimum Gasteiger partial charge on any atom is -0.460 e. The molecule has 112 valence electrons. The second-order valence-electron chi connectivity index (χ2n) is 4.63. The number of carbonyl (C=O) groups excluding carboxylic acids is 1. The fourth-order valence-electron chi connectivity index (χ4n) is 2.06. The predicted octanol–water partition coefficient (Wildman–Crippen LogP) is 2.70. The molecule has 0 aromatic carbocycles. The Labute approximate surface area is 116 Å². The van der Waals surface area contributed by atoms with Crippen molar-refractivity contribution in [1.82, 2.24) is 0 Å². The highest BCUT2D eigenvalue weighted by atomic mass is 16.6. The minimum atomic E-state index is -0.430. The van der Waals surface area contributed by atoms with Crippen LogP contribution in [-0.4, -0.2) is 37.0 Å². The van der Waals surface area contributed by atoms with E-state index < -0.39 is 5.97 Å². The van der Waals surface area contributed by atoms with Crippen LogP contribution in [0.2, 0.25) is 0 Å². The number of esters is 1. The summed E-state index contributed by atoms with van der Waals surface area (Å²) in [6, 6.07) is 0. The van der Waals surface area contributed by atoms with E-state index in [0.717, 1.165) is 25.3 Å². The van der Waals surface area contributed by atoms with Crippen molar-refractivity contribution < 1.29 is 19.4 Å². The van der Waals surface area contributed by atoms with Crippen molar-refractivity contribution in [2.24, 2.45) is 5.92 Å². The molecule has 19 heavy (non-hydrogen) atoms. The van der Waals surface area contributed by atoms with E-state index in [9.17, 15) is 4.79 Å². The molecular formula is C15H28O4. The molecule has 2 unspecified atom stereocenters. The number of aliphatic hydroxyl groups excluding tert-OH is 1.